The van der Waals surface area contributed by atoms with E-state index in [0.717, 1.165) is 0 Å². The van der Waals surface area contributed by atoms with Crippen LogP contribution in [0.25, 0.3) is 0 Å². The number of carbonyl (C=O) groups excluding carboxylic acids is 1. The van der Waals surface area contributed by atoms with Crippen molar-refractivity contribution >= 4 is 6.29 Å². The molecule has 0 fully saturated rings. The Kier molecular flexibility index (Phi) is 4.50. The second kappa shape index (κ2) is 4.94. The lowest BCUT2D eigenvalue weighted by atomic mass is 10.1. The first-order valence-electron chi connectivity index (χ1n) is 3.18. The van der Waals surface area contributed by atoms with E-state index in [4.69, 9.17) is 5.11 Å². The zero-order chi connectivity index (χ0) is 7.98. The van der Waals surface area contributed by atoms with Crippen molar-refractivity contribution in [1.82, 2.24) is 0 Å². The van der Waals surface area contributed by atoms with Gasteiger partial charge < -0.3 is 9.90 Å². The summed E-state index contributed by atoms with van der Waals surface area (Å²) in [7, 11) is 0. The lowest BCUT2D eigenvalue weighted by Crippen LogP contribution is -2.09. The number of hydrogen-bond acceptors (Lipinski definition) is 2. The topological polar surface area (TPSA) is 37.3 Å². The molecule has 0 aliphatic carbocycles. The van der Waals surface area contributed by atoms with Gasteiger partial charge in [-0.2, -0.15) is 0 Å². The zero-order valence-corrected chi connectivity index (χ0v) is 6.24. The van der Waals surface area contributed by atoms with E-state index in [-0.39, 0.29) is 0 Å². The molecule has 0 aliphatic rings. The molecule has 1 atom stereocenters. The van der Waals surface area contributed by atoms with E-state index in [1.165, 1.54) is 0 Å². The second-order valence-corrected chi connectivity index (χ2v) is 1.87. The third kappa shape index (κ3) is 2.60. The van der Waals surface area contributed by atoms with Crippen LogP contribution >= 0.6 is 0 Å². The SMILES string of the molecule is C/C=C\C(=C/C)[C@H](O)C=O. The number of allylic oxidation sites excluding steroid dienone is 2. The molecule has 0 spiro atoms. The van der Waals surface area contributed by atoms with Crippen molar-refractivity contribution in [3.8, 4) is 0 Å². The van der Waals surface area contributed by atoms with E-state index in [1.54, 1.807) is 25.2 Å². The quantitative estimate of drug-likeness (QED) is 0.470. The summed E-state index contributed by atoms with van der Waals surface area (Å²) in [6.07, 6.45) is 4.73. The van der Waals surface area contributed by atoms with Gasteiger partial charge in [-0.1, -0.05) is 18.2 Å². The standard InChI is InChI=1S/C8H12O2/c1-3-5-7(4-2)8(10)6-9/h3-6,8,10H,1-2H3/b5-3-,7-4+/t8-/m1/s1. The van der Waals surface area contributed by atoms with E-state index in [2.05, 4.69) is 0 Å². The molecule has 10 heavy (non-hydrogen) atoms. The molecule has 0 heterocycles. The van der Waals surface area contributed by atoms with E-state index >= 15 is 0 Å². The maximum atomic E-state index is 10.1. The molecule has 0 aliphatic heterocycles. The average molecular weight is 140 g/mol. The van der Waals surface area contributed by atoms with Gasteiger partial charge in [0, 0.05) is 0 Å². The monoisotopic (exact) mass is 140 g/mol. The maximum absolute atomic E-state index is 10.1. The highest BCUT2D eigenvalue weighted by molar-refractivity contribution is 5.62. The summed E-state index contributed by atoms with van der Waals surface area (Å²) < 4.78 is 0. The van der Waals surface area contributed by atoms with Crippen molar-refractivity contribution in [2.24, 2.45) is 0 Å². The molecule has 56 valence electrons. The van der Waals surface area contributed by atoms with Crippen LogP contribution in [0, 0.1) is 0 Å². The van der Waals surface area contributed by atoms with Crippen molar-refractivity contribution in [2.75, 3.05) is 0 Å². The largest absolute Gasteiger partial charge is 0.381 e. The Morgan fingerprint density at radius 3 is 2.40 bits per heavy atom. The Balaban J connectivity index is 4.21. The van der Waals surface area contributed by atoms with Crippen LogP contribution < -0.4 is 0 Å². The Morgan fingerprint density at radius 2 is 2.10 bits per heavy atom. The van der Waals surface area contributed by atoms with Gasteiger partial charge in [-0.05, 0) is 19.4 Å². The van der Waals surface area contributed by atoms with E-state index in [1.807, 2.05) is 6.92 Å². The lowest BCUT2D eigenvalue weighted by molar-refractivity contribution is -0.113. The van der Waals surface area contributed by atoms with Crippen molar-refractivity contribution in [2.45, 2.75) is 20.0 Å². The highest BCUT2D eigenvalue weighted by Gasteiger charge is 2.02. The van der Waals surface area contributed by atoms with Gasteiger partial charge in [0.2, 0.25) is 0 Å². The maximum Gasteiger partial charge on any atom is 0.153 e. The minimum atomic E-state index is -0.971. The molecule has 0 saturated heterocycles. The van der Waals surface area contributed by atoms with Crippen molar-refractivity contribution in [3.63, 3.8) is 0 Å². The number of aldehydes is 1. The number of aliphatic hydroxyl groups excluding tert-OH is 1. The molecule has 1 N–H and O–H groups in total. The van der Waals surface area contributed by atoms with Crippen LogP contribution in [0.3, 0.4) is 0 Å². The van der Waals surface area contributed by atoms with E-state index in [0.29, 0.717) is 11.9 Å². The van der Waals surface area contributed by atoms with E-state index in [9.17, 15) is 4.79 Å². The van der Waals surface area contributed by atoms with Gasteiger partial charge in [-0.15, -0.1) is 0 Å². The fourth-order valence-corrected chi connectivity index (χ4v) is 0.637. The highest BCUT2D eigenvalue weighted by atomic mass is 16.3. The Hall–Kier alpha value is -0.890. The smallest absolute Gasteiger partial charge is 0.153 e. The molecule has 0 radical (unpaired) electrons. The van der Waals surface area contributed by atoms with Crippen LogP contribution in [0.2, 0.25) is 0 Å². The molecule has 0 amide bonds. The van der Waals surface area contributed by atoms with Crippen LogP contribution in [0.15, 0.2) is 23.8 Å². The number of carbonyl (C=O) groups is 1. The summed E-state index contributed by atoms with van der Waals surface area (Å²) in [5.41, 5.74) is 0.637. The summed E-state index contributed by atoms with van der Waals surface area (Å²) in [4.78, 5) is 10.1. The van der Waals surface area contributed by atoms with Crippen LogP contribution in [0.4, 0.5) is 0 Å². The summed E-state index contributed by atoms with van der Waals surface area (Å²) in [5.74, 6) is 0. The minimum absolute atomic E-state index is 0.509. The minimum Gasteiger partial charge on any atom is -0.381 e. The first-order valence-corrected chi connectivity index (χ1v) is 3.18. The fraction of sp³-hybridized carbons (Fsp3) is 0.375. The number of rotatable bonds is 3. The Morgan fingerprint density at radius 1 is 1.50 bits per heavy atom. The summed E-state index contributed by atoms with van der Waals surface area (Å²) in [6, 6.07) is 0. The predicted molar refractivity (Wildman–Crippen MR) is 40.6 cm³/mol. The summed E-state index contributed by atoms with van der Waals surface area (Å²) >= 11 is 0. The number of aliphatic hydroxyl groups is 1. The van der Waals surface area contributed by atoms with Gasteiger partial charge in [0.05, 0.1) is 0 Å². The molecule has 2 heteroatoms. The van der Waals surface area contributed by atoms with Crippen molar-refractivity contribution in [1.29, 1.82) is 0 Å². The second-order valence-electron chi connectivity index (χ2n) is 1.87. The fourth-order valence-electron chi connectivity index (χ4n) is 0.637. The predicted octanol–water partition coefficient (Wildman–Crippen LogP) is 1.07. The lowest BCUT2D eigenvalue weighted by Gasteiger charge is -2.01. The highest BCUT2D eigenvalue weighted by Crippen LogP contribution is 2.01. The summed E-state index contributed by atoms with van der Waals surface area (Å²) in [5, 5.41) is 8.96. The molecule has 2 nitrogen and oxygen atoms in total. The van der Waals surface area contributed by atoms with Crippen LogP contribution in [0.5, 0.6) is 0 Å². The van der Waals surface area contributed by atoms with Gasteiger partial charge >= 0.3 is 0 Å². The Bertz CT molecular complexity index is 157. The molecule has 0 aromatic heterocycles. The van der Waals surface area contributed by atoms with Gasteiger partial charge in [-0.3, -0.25) is 0 Å². The van der Waals surface area contributed by atoms with E-state index < -0.39 is 6.10 Å². The molecule has 0 rings (SSSR count). The first-order chi connectivity index (χ1) is 4.76. The summed E-state index contributed by atoms with van der Waals surface area (Å²) in [6.45, 7) is 3.61. The van der Waals surface area contributed by atoms with Crippen LogP contribution in [-0.4, -0.2) is 17.5 Å². The van der Waals surface area contributed by atoms with Crippen LogP contribution in [-0.2, 0) is 4.79 Å². The van der Waals surface area contributed by atoms with Gasteiger partial charge in [0.15, 0.2) is 6.29 Å². The van der Waals surface area contributed by atoms with Crippen LogP contribution in [0.1, 0.15) is 13.8 Å². The average Bonchev–Trinajstić information content (AvgIpc) is 1.99. The molecule has 0 aromatic carbocycles. The van der Waals surface area contributed by atoms with Crippen molar-refractivity contribution < 1.29 is 9.90 Å². The molecular weight excluding hydrogens is 128 g/mol. The molecule has 0 saturated carbocycles. The third-order valence-corrected chi connectivity index (χ3v) is 1.16. The number of hydrogen-bond donors (Lipinski definition) is 1. The molecular formula is C8H12O2. The Labute approximate surface area is 60.9 Å². The van der Waals surface area contributed by atoms with Gasteiger partial charge in [0.1, 0.15) is 6.10 Å². The molecule has 0 unspecified atom stereocenters. The van der Waals surface area contributed by atoms with Crippen molar-refractivity contribution in [3.05, 3.63) is 23.8 Å². The third-order valence-electron chi connectivity index (χ3n) is 1.16. The normalized spacial score (nSPS) is 15.7. The zero-order valence-electron chi connectivity index (χ0n) is 6.24. The first kappa shape index (κ1) is 9.11. The van der Waals surface area contributed by atoms with Gasteiger partial charge in [-0.25, -0.2) is 0 Å². The molecule has 0 aromatic rings. The molecule has 0 bridgehead atoms. The van der Waals surface area contributed by atoms with Gasteiger partial charge in [0.25, 0.3) is 0 Å².